The van der Waals surface area contributed by atoms with Crippen molar-refractivity contribution in [1.82, 2.24) is 4.90 Å². The molecule has 2 fully saturated rings. The number of aliphatic hydroxyl groups is 1. The quantitative estimate of drug-likeness (QED) is 0.598. The summed E-state index contributed by atoms with van der Waals surface area (Å²) in [4.78, 5) is 19.0. The van der Waals surface area contributed by atoms with Gasteiger partial charge in [0.2, 0.25) is 0 Å². The molecule has 174 valence electrons. The van der Waals surface area contributed by atoms with E-state index in [2.05, 4.69) is 4.99 Å². The van der Waals surface area contributed by atoms with Gasteiger partial charge in [-0.3, -0.25) is 9.79 Å². The van der Waals surface area contributed by atoms with Gasteiger partial charge in [-0.2, -0.15) is 13.2 Å². The van der Waals surface area contributed by atoms with Crippen LogP contribution in [0, 0.1) is 11.8 Å². The molecule has 0 spiro atoms. The Balaban J connectivity index is 1.44. The molecule has 32 heavy (non-hydrogen) atoms. The van der Waals surface area contributed by atoms with Gasteiger partial charge >= 0.3 is 6.18 Å². The van der Waals surface area contributed by atoms with Crippen molar-refractivity contribution in [2.75, 3.05) is 0 Å². The molecule has 0 aromatic heterocycles. The van der Waals surface area contributed by atoms with Gasteiger partial charge in [-0.1, -0.05) is 12.1 Å². The molecule has 2 aliphatic carbocycles. The van der Waals surface area contributed by atoms with Crippen molar-refractivity contribution < 1.29 is 27.5 Å². The molecular weight excluding hydrogens is 424 g/mol. The maximum Gasteiger partial charge on any atom is 0.421 e. The second-order valence-electron chi connectivity index (χ2n) is 9.35. The number of carbonyl (C=O) groups is 1. The van der Waals surface area contributed by atoms with E-state index in [1.165, 1.54) is 30.5 Å². The highest BCUT2D eigenvalue weighted by atomic mass is 19.4. The highest BCUT2D eigenvalue weighted by molar-refractivity contribution is 5.95. The summed E-state index contributed by atoms with van der Waals surface area (Å²) >= 11 is 0. The lowest BCUT2D eigenvalue weighted by molar-refractivity contribution is -0.258. The Morgan fingerprint density at radius 2 is 1.59 bits per heavy atom. The van der Waals surface area contributed by atoms with Crippen molar-refractivity contribution in [3.63, 3.8) is 0 Å². The first kappa shape index (κ1) is 23.0. The summed E-state index contributed by atoms with van der Waals surface area (Å²) in [6, 6.07) is 5.26. The van der Waals surface area contributed by atoms with Gasteiger partial charge in [0.1, 0.15) is 5.83 Å². The Morgan fingerprint density at radius 1 is 1.03 bits per heavy atom. The van der Waals surface area contributed by atoms with Gasteiger partial charge in [0.25, 0.3) is 5.91 Å². The zero-order valence-electron chi connectivity index (χ0n) is 18.0. The SMILES string of the molecule is C[C@](O)(c1ccc(C(=O)N(C2CC2)[C@H]2CC[C@H](C3CC=NC=C3F)CC2)cc1)C(F)(F)F. The molecule has 4 rings (SSSR count). The minimum Gasteiger partial charge on any atom is -0.376 e. The molecule has 1 aliphatic heterocycles. The monoisotopic (exact) mass is 452 g/mol. The minimum atomic E-state index is -4.81. The van der Waals surface area contributed by atoms with E-state index >= 15 is 0 Å². The number of hydrogen-bond donors (Lipinski definition) is 1. The first-order valence-electron chi connectivity index (χ1n) is 11.2. The average molecular weight is 452 g/mol. The summed E-state index contributed by atoms with van der Waals surface area (Å²) < 4.78 is 53.4. The molecule has 2 atom stereocenters. The number of alkyl halides is 3. The fraction of sp³-hybridized carbons (Fsp3) is 0.583. The van der Waals surface area contributed by atoms with E-state index in [1.54, 1.807) is 6.21 Å². The van der Waals surface area contributed by atoms with E-state index in [0.29, 0.717) is 18.9 Å². The number of benzene rings is 1. The first-order valence-corrected chi connectivity index (χ1v) is 11.2. The van der Waals surface area contributed by atoms with Crippen LogP contribution >= 0.6 is 0 Å². The molecule has 0 bridgehead atoms. The lowest BCUT2D eigenvalue weighted by Crippen LogP contribution is -2.44. The number of rotatable bonds is 5. The number of aliphatic imine (C=N–C) groups is 1. The van der Waals surface area contributed by atoms with Crippen molar-refractivity contribution in [2.24, 2.45) is 16.8 Å². The van der Waals surface area contributed by atoms with E-state index in [9.17, 15) is 27.5 Å². The van der Waals surface area contributed by atoms with Gasteiger partial charge < -0.3 is 10.0 Å². The molecule has 2 saturated carbocycles. The smallest absolute Gasteiger partial charge is 0.376 e. The molecule has 1 N–H and O–H groups in total. The van der Waals surface area contributed by atoms with Crippen molar-refractivity contribution >= 4 is 12.1 Å². The van der Waals surface area contributed by atoms with E-state index in [1.807, 2.05) is 4.90 Å². The molecular formula is C24H28F4N2O2. The summed E-state index contributed by atoms with van der Waals surface area (Å²) in [6.45, 7) is 0.703. The van der Waals surface area contributed by atoms with Gasteiger partial charge in [-0.25, -0.2) is 4.39 Å². The van der Waals surface area contributed by atoms with E-state index in [0.717, 1.165) is 38.5 Å². The molecule has 8 heteroatoms. The predicted molar refractivity (Wildman–Crippen MR) is 113 cm³/mol. The molecule has 4 nitrogen and oxygen atoms in total. The third-order valence-electron chi connectivity index (χ3n) is 7.14. The number of hydrogen-bond acceptors (Lipinski definition) is 3. The summed E-state index contributed by atoms with van der Waals surface area (Å²) in [7, 11) is 0. The number of allylic oxidation sites excluding steroid dienone is 1. The third kappa shape index (κ3) is 4.47. The summed E-state index contributed by atoms with van der Waals surface area (Å²) in [5.41, 5.74) is -2.96. The van der Waals surface area contributed by atoms with Crippen LogP contribution in [0.4, 0.5) is 17.6 Å². The third-order valence-corrected chi connectivity index (χ3v) is 7.14. The number of nitrogens with zero attached hydrogens (tertiary/aromatic N) is 2. The Kier molecular flexibility index (Phi) is 6.18. The zero-order chi connectivity index (χ0) is 23.1. The van der Waals surface area contributed by atoms with Crippen LogP contribution in [0.3, 0.4) is 0 Å². The number of halogens is 4. The van der Waals surface area contributed by atoms with Crippen LogP contribution in [0.2, 0.25) is 0 Å². The Bertz CT molecular complexity index is 896. The molecule has 1 amide bonds. The zero-order valence-corrected chi connectivity index (χ0v) is 18.0. The maximum absolute atomic E-state index is 14.2. The average Bonchev–Trinajstić information content (AvgIpc) is 3.59. The van der Waals surface area contributed by atoms with Crippen LogP contribution < -0.4 is 0 Å². The largest absolute Gasteiger partial charge is 0.421 e. The van der Waals surface area contributed by atoms with Gasteiger partial charge in [0, 0.05) is 29.8 Å². The molecule has 1 aromatic rings. The van der Waals surface area contributed by atoms with Gasteiger partial charge in [0.05, 0.1) is 6.20 Å². The second kappa shape index (κ2) is 8.61. The van der Waals surface area contributed by atoms with Crippen LogP contribution in [0.5, 0.6) is 0 Å². The second-order valence-corrected chi connectivity index (χ2v) is 9.35. The molecule has 3 aliphatic rings. The molecule has 1 heterocycles. The van der Waals surface area contributed by atoms with E-state index in [4.69, 9.17) is 0 Å². The van der Waals surface area contributed by atoms with Crippen LogP contribution in [-0.4, -0.2) is 40.4 Å². The van der Waals surface area contributed by atoms with Gasteiger partial charge in [0.15, 0.2) is 5.60 Å². The molecule has 0 saturated heterocycles. The van der Waals surface area contributed by atoms with Crippen molar-refractivity contribution in [3.8, 4) is 0 Å². The minimum absolute atomic E-state index is 0.0495. The number of carbonyl (C=O) groups excluding carboxylic acids is 1. The summed E-state index contributed by atoms with van der Waals surface area (Å²) in [6.07, 6.45) is 3.91. The van der Waals surface area contributed by atoms with Crippen LogP contribution in [0.15, 0.2) is 41.3 Å². The number of amides is 1. The van der Waals surface area contributed by atoms with Gasteiger partial charge in [-0.15, -0.1) is 0 Å². The Hall–Kier alpha value is -2.22. The molecule has 1 aromatic carbocycles. The van der Waals surface area contributed by atoms with Crippen molar-refractivity contribution in [2.45, 2.75) is 75.7 Å². The van der Waals surface area contributed by atoms with E-state index < -0.39 is 11.8 Å². The first-order chi connectivity index (χ1) is 15.1. The molecule has 0 radical (unpaired) electrons. The standard InChI is InChI=1S/C24H28F4N2O2/c1-23(32,24(26,27)28)17-6-2-16(3-7-17)22(31)30(19-10-11-19)18-8-4-15(5-9-18)20-12-13-29-14-21(20)25/h2-3,6-7,13-15,18-20,32H,4-5,8-12H2,1H3/t15-,18-,20?,23-/m0/s1. The fourth-order valence-electron chi connectivity index (χ4n) is 4.94. The maximum atomic E-state index is 14.2. The molecule has 1 unspecified atom stereocenters. The normalized spacial score (nSPS) is 28.1. The van der Waals surface area contributed by atoms with Crippen LogP contribution in [0.1, 0.15) is 67.8 Å². The van der Waals surface area contributed by atoms with Crippen LogP contribution in [0.25, 0.3) is 0 Å². The van der Waals surface area contributed by atoms with Crippen molar-refractivity contribution in [3.05, 3.63) is 47.4 Å². The van der Waals surface area contributed by atoms with Gasteiger partial charge in [-0.05, 0) is 75.5 Å². The lowest BCUT2D eigenvalue weighted by Gasteiger charge is -2.39. The predicted octanol–water partition coefficient (Wildman–Crippen LogP) is 5.52. The Labute approximate surface area is 185 Å². The van der Waals surface area contributed by atoms with E-state index in [-0.39, 0.29) is 41.2 Å². The van der Waals surface area contributed by atoms with Crippen LogP contribution in [-0.2, 0) is 5.60 Å². The highest BCUT2D eigenvalue weighted by Gasteiger charge is 2.51. The summed E-state index contributed by atoms with van der Waals surface area (Å²) in [5, 5.41) is 9.85. The highest BCUT2D eigenvalue weighted by Crippen LogP contribution is 2.42. The lowest BCUT2D eigenvalue weighted by atomic mass is 9.75. The Morgan fingerprint density at radius 3 is 2.09 bits per heavy atom. The topological polar surface area (TPSA) is 52.9 Å². The summed E-state index contributed by atoms with van der Waals surface area (Å²) in [5.74, 6) is -0.257. The van der Waals surface area contributed by atoms with Crippen molar-refractivity contribution in [1.29, 1.82) is 0 Å². The fourth-order valence-corrected chi connectivity index (χ4v) is 4.94.